The van der Waals surface area contributed by atoms with Crippen molar-refractivity contribution < 1.29 is 18.7 Å². The first-order valence-corrected chi connectivity index (χ1v) is 3.81. The van der Waals surface area contributed by atoms with Gasteiger partial charge in [-0.1, -0.05) is 0 Å². The fourth-order valence-electron chi connectivity index (χ4n) is 0.821. The molecule has 0 N–H and O–H groups in total. The molecule has 0 aliphatic rings. The molecule has 13 heavy (non-hydrogen) atoms. The molecule has 0 saturated carbocycles. The van der Waals surface area contributed by atoms with Crippen LogP contribution in [-0.4, -0.2) is 11.8 Å². The summed E-state index contributed by atoms with van der Waals surface area (Å²) in [6, 6.07) is 1.56. The van der Waals surface area contributed by atoms with Gasteiger partial charge in [0.05, 0.1) is 6.26 Å². The van der Waals surface area contributed by atoms with Gasteiger partial charge in [-0.25, -0.2) is 0 Å². The van der Waals surface area contributed by atoms with Gasteiger partial charge in [-0.3, -0.25) is 9.59 Å². The van der Waals surface area contributed by atoms with Crippen LogP contribution in [0.3, 0.4) is 0 Å². The van der Waals surface area contributed by atoms with E-state index in [2.05, 4.69) is 0 Å². The van der Waals surface area contributed by atoms with E-state index in [4.69, 9.17) is 9.15 Å². The van der Waals surface area contributed by atoms with E-state index in [1.807, 2.05) is 0 Å². The van der Waals surface area contributed by atoms with Crippen LogP contribution < -0.4 is 0 Å². The highest BCUT2D eigenvalue weighted by Gasteiger charge is 2.06. The molecule has 1 heterocycles. The molecule has 0 aromatic carbocycles. The van der Waals surface area contributed by atoms with Gasteiger partial charge in [-0.2, -0.15) is 0 Å². The predicted octanol–water partition coefficient (Wildman–Crippen LogP) is 1.55. The fourth-order valence-corrected chi connectivity index (χ4v) is 0.821. The molecular weight excluding hydrogens is 172 g/mol. The Morgan fingerprint density at radius 3 is 2.62 bits per heavy atom. The van der Waals surface area contributed by atoms with Crippen molar-refractivity contribution in [1.29, 1.82) is 0 Å². The molecule has 0 atom stereocenters. The van der Waals surface area contributed by atoms with E-state index >= 15 is 0 Å². The number of Topliss-reactive ketones (excluding diaryl/α,β-unsaturated/α-hetero) is 1. The first kappa shape index (κ1) is 9.51. The molecule has 1 aromatic heterocycles. The molecule has 0 amide bonds. The summed E-state index contributed by atoms with van der Waals surface area (Å²) in [5, 5.41) is 0. The zero-order valence-corrected chi connectivity index (χ0v) is 7.49. The lowest BCUT2D eigenvalue weighted by molar-refractivity contribution is -0.142. The van der Waals surface area contributed by atoms with Gasteiger partial charge in [0.2, 0.25) is 0 Å². The normalized spacial score (nSPS) is 9.69. The Morgan fingerprint density at radius 1 is 1.46 bits per heavy atom. The molecule has 0 aliphatic heterocycles. The third kappa shape index (κ3) is 2.74. The van der Waals surface area contributed by atoms with Crippen LogP contribution in [0.15, 0.2) is 16.7 Å². The van der Waals surface area contributed by atoms with Crippen LogP contribution in [0.4, 0.5) is 0 Å². The monoisotopic (exact) mass is 182 g/mol. The van der Waals surface area contributed by atoms with Gasteiger partial charge in [0, 0.05) is 19.4 Å². The van der Waals surface area contributed by atoms with Crippen molar-refractivity contribution >= 4 is 11.8 Å². The number of esters is 1. The van der Waals surface area contributed by atoms with E-state index in [1.54, 1.807) is 6.07 Å². The van der Waals surface area contributed by atoms with E-state index in [0.717, 1.165) is 0 Å². The summed E-state index contributed by atoms with van der Waals surface area (Å²) in [6.45, 7) is 2.88. The molecule has 4 heteroatoms. The third-order valence-corrected chi connectivity index (χ3v) is 1.44. The second kappa shape index (κ2) is 3.89. The zero-order valence-electron chi connectivity index (χ0n) is 7.49. The van der Waals surface area contributed by atoms with Crippen LogP contribution in [-0.2, 0) is 16.1 Å². The molecule has 1 rings (SSSR count). The van der Waals surface area contributed by atoms with Crippen LogP contribution >= 0.6 is 0 Å². The average Bonchev–Trinajstić information content (AvgIpc) is 2.48. The molecule has 0 radical (unpaired) electrons. The number of rotatable bonds is 3. The number of carbonyl (C=O) groups is 2. The summed E-state index contributed by atoms with van der Waals surface area (Å²) >= 11 is 0. The molecule has 0 unspecified atom stereocenters. The Bertz CT molecular complexity index is 324. The van der Waals surface area contributed by atoms with Gasteiger partial charge in [-0.15, -0.1) is 0 Å². The predicted molar refractivity (Wildman–Crippen MR) is 44.2 cm³/mol. The van der Waals surface area contributed by atoms with Gasteiger partial charge < -0.3 is 9.15 Å². The average molecular weight is 182 g/mol. The Balaban J connectivity index is 2.59. The van der Waals surface area contributed by atoms with Crippen molar-refractivity contribution in [1.82, 2.24) is 0 Å². The van der Waals surface area contributed by atoms with Crippen molar-refractivity contribution in [3.8, 4) is 0 Å². The van der Waals surface area contributed by atoms with Gasteiger partial charge in [0.15, 0.2) is 11.5 Å². The molecule has 70 valence electrons. The molecule has 0 fully saturated rings. The highest BCUT2D eigenvalue weighted by atomic mass is 16.5. The number of ketones is 1. The fraction of sp³-hybridized carbons (Fsp3) is 0.333. The van der Waals surface area contributed by atoms with Crippen molar-refractivity contribution in [3.05, 3.63) is 23.7 Å². The largest absolute Gasteiger partial charge is 0.461 e. The Labute approximate surface area is 75.5 Å². The van der Waals surface area contributed by atoms with Crippen molar-refractivity contribution in [2.75, 3.05) is 0 Å². The summed E-state index contributed by atoms with van der Waals surface area (Å²) in [4.78, 5) is 21.2. The molecular formula is C9H10O4. The number of ether oxygens (including phenoxy) is 1. The van der Waals surface area contributed by atoms with Gasteiger partial charge in [0.25, 0.3) is 0 Å². The van der Waals surface area contributed by atoms with Gasteiger partial charge in [0.1, 0.15) is 6.61 Å². The van der Waals surface area contributed by atoms with E-state index < -0.39 is 0 Å². The van der Waals surface area contributed by atoms with E-state index in [0.29, 0.717) is 5.56 Å². The van der Waals surface area contributed by atoms with Crippen molar-refractivity contribution in [3.63, 3.8) is 0 Å². The second-order valence-electron chi connectivity index (χ2n) is 2.66. The van der Waals surface area contributed by atoms with Crippen LogP contribution in [0.2, 0.25) is 0 Å². The lowest BCUT2D eigenvalue weighted by Crippen LogP contribution is -1.97. The topological polar surface area (TPSA) is 56.5 Å². The lowest BCUT2D eigenvalue weighted by atomic mass is 10.3. The van der Waals surface area contributed by atoms with Crippen LogP contribution in [0.25, 0.3) is 0 Å². The highest BCUT2D eigenvalue weighted by molar-refractivity contribution is 5.91. The summed E-state index contributed by atoms with van der Waals surface area (Å²) in [5.74, 6) is -0.221. The Kier molecular flexibility index (Phi) is 2.84. The number of carbonyl (C=O) groups excluding carboxylic acids is 2. The van der Waals surface area contributed by atoms with E-state index in [1.165, 1.54) is 20.1 Å². The molecule has 4 nitrogen and oxygen atoms in total. The Hall–Kier alpha value is -1.58. The van der Waals surface area contributed by atoms with Crippen molar-refractivity contribution in [2.24, 2.45) is 0 Å². The SMILES string of the molecule is CC(=O)OCc1coc(C(C)=O)c1. The van der Waals surface area contributed by atoms with Gasteiger partial charge in [-0.05, 0) is 6.07 Å². The lowest BCUT2D eigenvalue weighted by Gasteiger charge is -1.95. The second-order valence-corrected chi connectivity index (χ2v) is 2.66. The first-order valence-electron chi connectivity index (χ1n) is 3.81. The standard InChI is InChI=1S/C9H10O4/c1-6(10)9-3-8(5-13-9)4-12-7(2)11/h3,5H,4H2,1-2H3. The maximum atomic E-state index is 10.8. The van der Waals surface area contributed by atoms with E-state index in [9.17, 15) is 9.59 Å². The minimum atomic E-state index is -0.356. The third-order valence-electron chi connectivity index (χ3n) is 1.44. The quantitative estimate of drug-likeness (QED) is 0.525. The van der Waals surface area contributed by atoms with Crippen molar-refractivity contribution in [2.45, 2.75) is 20.5 Å². The molecule has 0 bridgehead atoms. The minimum Gasteiger partial charge on any atom is -0.461 e. The highest BCUT2D eigenvalue weighted by Crippen LogP contribution is 2.09. The summed E-state index contributed by atoms with van der Waals surface area (Å²) < 4.78 is 9.63. The smallest absolute Gasteiger partial charge is 0.302 e. The maximum Gasteiger partial charge on any atom is 0.302 e. The first-order chi connectivity index (χ1) is 6.09. The zero-order chi connectivity index (χ0) is 9.84. The number of furan rings is 1. The Morgan fingerprint density at radius 2 is 2.15 bits per heavy atom. The van der Waals surface area contributed by atoms with E-state index in [-0.39, 0.29) is 24.1 Å². The number of hydrogen-bond donors (Lipinski definition) is 0. The van der Waals surface area contributed by atoms with Gasteiger partial charge >= 0.3 is 5.97 Å². The maximum absolute atomic E-state index is 10.8. The molecule has 0 aliphatic carbocycles. The summed E-state index contributed by atoms with van der Waals surface area (Å²) in [5.41, 5.74) is 0.681. The molecule has 1 aromatic rings. The molecule has 0 spiro atoms. The summed E-state index contributed by atoms with van der Waals surface area (Å²) in [7, 11) is 0. The molecule has 0 saturated heterocycles. The van der Waals surface area contributed by atoms with Crippen LogP contribution in [0, 0.1) is 0 Å². The number of hydrogen-bond acceptors (Lipinski definition) is 4. The van der Waals surface area contributed by atoms with Crippen LogP contribution in [0.5, 0.6) is 0 Å². The minimum absolute atomic E-state index is 0.144. The van der Waals surface area contributed by atoms with Crippen LogP contribution in [0.1, 0.15) is 30.0 Å². The summed E-state index contributed by atoms with van der Waals surface area (Å²) in [6.07, 6.45) is 1.40.